The Morgan fingerprint density at radius 3 is 1.95 bits per heavy atom. The van der Waals surface area contributed by atoms with Crippen molar-refractivity contribution in [2.75, 3.05) is 25.6 Å². The summed E-state index contributed by atoms with van der Waals surface area (Å²) in [6.45, 7) is 0.689. The van der Waals surface area contributed by atoms with E-state index in [1.807, 2.05) is 0 Å². The lowest BCUT2D eigenvalue weighted by Crippen LogP contribution is -2.11. The fourth-order valence-electron chi connectivity index (χ4n) is 1.65. The van der Waals surface area contributed by atoms with E-state index in [0.29, 0.717) is 30.4 Å². The van der Waals surface area contributed by atoms with Crippen molar-refractivity contribution in [3.05, 3.63) is 54.3 Å². The predicted molar refractivity (Wildman–Crippen MR) is 79.9 cm³/mol. The van der Waals surface area contributed by atoms with Gasteiger partial charge in [0, 0.05) is 5.69 Å². The maximum Gasteiger partial charge on any atom is 0.411 e. The number of carbonyl (C=O) groups is 1. The van der Waals surface area contributed by atoms with Crippen molar-refractivity contribution in [2.45, 2.75) is 0 Å². The maximum absolute atomic E-state index is 12.7. The zero-order valence-electron chi connectivity index (χ0n) is 12.0. The molecule has 0 aliphatic rings. The highest BCUT2D eigenvalue weighted by Gasteiger charge is 2.01. The van der Waals surface area contributed by atoms with E-state index >= 15 is 0 Å². The molecule has 22 heavy (non-hydrogen) atoms. The number of methoxy groups -OCH3 is 1. The minimum Gasteiger partial charge on any atom is -0.490 e. The molecule has 0 radical (unpaired) electrons. The van der Waals surface area contributed by atoms with Crippen LogP contribution in [-0.2, 0) is 4.74 Å². The molecule has 0 aromatic heterocycles. The first kappa shape index (κ1) is 15.6. The Balaban J connectivity index is 1.72. The number of rotatable bonds is 6. The Morgan fingerprint density at radius 2 is 1.45 bits per heavy atom. The Hall–Kier alpha value is -2.76. The molecular weight excluding hydrogens is 289 g/mol. The molecule has 1 N–H and O–H groups in total. The van der Waals surface area contributed by atoms with E-state index in [4.69, 9.17) is 9.47 Å². The minimum absolute atomic E-state index is 0.302. The minimum atomic E-state index is -0.527. The number of anilines is 1. The smallest absolute Gasteiger partial charge is 0.411 e. The molecule has 2 aromatic carbocycles. The molecule has 0 aliphatic heterocycles. The van der Waals surface area contributed by atoms with Gasteiger partial charge in [-0.25, -0.2) is 9.18 Å². The van der Waals surface area contributed by atoms with Gasteiger partial charge in [-0.15, -0.1) is 0 Å². The van der Waals surface area contributed by atoms with Crippen molar-refractivity contribution >= 4 is 11.8 Å². The fourth-order valence-corrected chi connectivity index (χ4v) is 1.65. The number of ether oxygens (including phenoxy) is 3. The number of hydrogen-bond acceptors (Lipinski definition) is 4. The number of nitrogens with one attached hydrogen (secondary N) is 1. The lowest BCUT2D eigenvalue weighted by Gasteiger charge is -2.09. The van der Waals surface area contributed by atoms with Crippen LogP contribution in [0.3, 0.4) is 0 Å². The van der Waals surface area contributed by atoms with Gasteiger partial charge in [0.05, 0.1) is 7.11 Å². The summed E-state index contributed by atoms with van der Waals surface area (Å²) in [7, 11) is 1.30. The van der Waals surface area contributed by atoms with E-state index in [-0.39, 0.29) is 5.82 Å². The second kappa shape index (κ2) is 7.87. The zero-order valence-corrected chi connectivity index (χ0v) is 12.0. The van der Waals surface area contributed by atoms with Crippen LogP contribution in [0.15, 0.2) is 48.5 Å². The van der Waals surface area contributed by atoms with Crippen LogP contribution in [0.2, 0.25) is 0 Å². The molecule has 2 rings (SSSR count). The number of carbonyl (C=O) groups excluding carboxylic acids is 1. The van der Waals surface area contributed by atoms with Crippen LogP contribution < -0.4 is 14.8 Å². The van der Waals surface area contributed by atoms with Gasteiger partial charge in [0.2, 0.25) is 0 Å². The van der Waals surface area contributed by atoms with Crippen LogP contribution in [0, 0.1) is 5.82 Å². The lowest BCUT2D eigenvalue weighted by atomic mass is 10.3. The highest BCUT2D eigenvalue weighted by molar-refractivity contribution is 5.84. The molecule has 0 spiro atoms. The van der Waals surface area contributed by atoms with Crippen molar-refractivity contribution in [1.82, 2.24) is 0 Å². The normalized spacial score (nSPS) is 9.91. The Bertz CT molecular complexity index is 599. The van der Waals surface area contributed by atoms with E-state index in [1.165, 1.54) is 19.2 Å². The first-order valence-corrected chi connectivity index (χ1v) is 6.63. The summed E-state index contributed by atoms with van der Waals surface area (Å²) in [6, 6.07) is 12.6. The molecule has 0 bridgehead atoms. The molecule has 5 nitrogen and oxygen atoms in total. The van der Waals surface area contributed by atoms with E-state index in [1.54, 1.807) is 36.4 Å². The fraction of sp³-hybridized carbons (Fsp3) is 0.188. The van der Waals surface area contributed by atoms with E-state index in [0.717, 1.165) is 0 Å². The molecule has 0 fully saturated rings. The summed E-state index contributed by atoms with van der Waals surface area (Å²) < 4.78 is 28.1. The lowest BCUT2D eigenvalue weighted by molar-refractivity contribution is 0.187. The summed E-state index contributed by atoms with van der Waals surface area (Å²) >= 11 is 0. The van der Waals surface area contributed by atoms with Crippen molar-refractivity contribution in [3.63, 3.8) is 0 Å². The number of hydrogen-bond donors (Lipinski definition) is 1. The molecule has 116 valence electrons. The first-order valence-electron chi connectivity index (χ1n) is 6.63. The summed E-state index contributed by atoms with van der Waals surface area (Å²) in [6.07, 6.45) is -0.527. The molecule has 2 aromatic rings. The molecule has 0 unspecified atom stereocenters. The summed E-state index contributed by atoms with van der Waals surface area (Å²) in [5.41, 5.74) is 0.613. The first-order chi connectivity index (χ1) is 10.7. The van der Waals surface area contributed by atoms with Crippen molar-refractivity contribution in [1.29, 1.82) is 0 Å². The topological polar surface area (TPSA) is 56.8 Å². The third-order valence-corrected chi connectivity index (χ3v) is 2.72. The Kier molecular flexibility index (Phi) is 5.59. The maximum atomic E-state index is 12.7. The average Bonchev–Trinajstić information content (AvgIpc) is 2.54. The summed E-state index contributed by atoms with van der Waals surface area (Å²) in [5, 5.41) is 2.54. The number of amides is 1. The van der Waals surface area contributed by atoms with Crippen molar-refractivity contribution in [3.8, 4) is 11.5 Å². The highest BCUT2D eigenvalue weighted by Crippen LogP contribution is 2.16. The van der Waals surface area contributed by atoms with Gasteiger partial charge in [0.15, 0.2) is 0 Å². The van der Waals surface area contributed by atoms with E-state index in [2.05, 4.69) is 10.1 Å². The van der Waals surface area contributed by atoms with Crippen LogP contribution in [0.4, 0.5) is 14.9 Å². The molecule has 1 amide bonds. The second-order valence-electron chi connectivity index (χ2n) is 4.29. The van der Waals surface area contributed by atoms with Crippen LogP contribution in [-0.4, -0.2) is 26.4 Å². The monoisotopic (exact) mass is 305 g/mol. The van der Waals surface area contributed by atoms with Gasteiger partial charge in [-0.05, 0) is 48.5 Å². The Morgan fingerprint density at radius 1 is 0.955 bits per heavy atom. The summed E-state index contributed by atoms with van der Waals surface area (Å²) in [4.78, 5) is 11.0. The van der Waals surface area contributed by atoms with Gasteiger partial charge in [-0.1, -0.05) is 0 Å². The molecular formula is C16H16FNO4. The SMILES string of the molecule is COC(=O)Nc1ccc(OCCOc2ccc(F)cc2)cc1. The third-order valence-electron chi connectivity index (χ3n) is 2.72. The van der Waals surface area contributed by atoms with Crippen LogP contribution in [0.1, 0.15) is 0 Å². The standard InChI is InChI=1S/C16H16FNO4/c1-20-16(19)18-13-4-8-15(9-5-13)22-11-10-21-14-6-2-12(17)3-7-14/h2-9H,10-11H2,1H3,(H,18,19). The molecule has 0 heterocycles. The van der Waals surface area contributed by atoms with Gasteiger partial charge < -0.3 is 14.2 Å². The van der Waals surface area contributed by atoms with Gasteiger partial charge in [0.1, 0.15) is 30.5 Å². The second-order valence-corrected chi connectivity index (χ2v) is 4.29. The summed E-state index contributed by atoms with van der Waals surface area (Å²) in [5.74, 6) is 0.935. The number of halogens is 1. The van der Waals surface area contributed by atoms with Gasteiger partial charge in [-0.3, -0.25) is 5.32 Å². The highest BCUT2D eigenvalue weighted by atomic mass is 19.1. The van der Waals surface area contributed by atoms with Crippen LogP contribution in [0.5, 0.6) is 11.5 Å². The average molecular weight is 305 g/mol. The van der Waals surface area contributed by atoms with Crippen LogP contribution in [0.25, 0.3) is 0 Å². The Labute approximate surface area is 127 Å². The van der Waals surface area contributed by atoms with Crippen LogP contribution >= 0.6 is 0 Å². The predicted octanol–water partition coefficient (Wildman–Crippen LogP) is 3.46. The van der Waals surface area contributed by atoms with E-state index < -0.39 is 6.09 Å². The molecule has 0 aliphatic carbocycles. The zero-order chi connectivity index (χ0) is 15.8. The third kappa shape index (κ3) is 4.97. The molecule has 0 saturated carbocycles. The largest absolute Gasteiger partial charge is 0.490 e. The van der Waals surface area contributed by atoms with Gasteiger partial charge in [0.25, 0.3) is 0 Å². The van der Waals surface area contributed by atoms with Gasteiger partial charge >= 0.3 is 6.09 Å². The van der Waals surface area contributed by atoms with Crippen molar-refractivity contribution < 1.29 is 23.4 Å². The molecule has 0 atom stereocenters. The van der Waals surface area contributed by atoms with E-state index in [9.17, 15) is 9.18 Å². The van der Waals surface area contributed by atoms with Crippen molar-refractivity contribution in [2.24, 2.45) is 0 Å². The van der Waals surface area contributed by atoms with Gasteiger partial charge in [-0.2, -0.15) is 0 Å². The number of benzene rings is 2. The molecule has 0 saturated heterocycles. The quantitative estimate of drug-likeness (QED) is 0.830. The molecule has 6 heteroatoms.